The van der Waals surface area contributed by atoms with E-state index in [-0.39, 0.29) is 17.0 Å². The molecule has 0 unspecified atom stereocenters. The molecule has 160 valence electrons. The molecule has 0 atom stereocenters. The summed E-state index contributed by atoms with van der Waals surface area (Å²) in [6.45, 7) is 5.71. The van der Waals surface area contributed by atoms with Crippen LogP contribution in [0, 0.1) is 0 Å². The highest BCUT2D eigenvalue weighted by Gasteiger charge is 2.12. The average molecular weight is 431 g/mol. The topological polar surface area (TPSA) is 116 Å². The van der Waals surface area contributed by atoms with Crippen molar-refractivity contribution in [1.82, 2.24) is 10.0 Å². The fraction of sp³-hybridized carbons (Fsp3) is 0.238. The van der Waals surface area contributed by atoms with Gasteiger partial charge in [-0.1, -0.05) is 31.2 Å². The Balaban J connectivity index is 2.04. The van der Waals surface area contributed by atoms with Gasteiger partial charge in [-0.2, -0.15) is 0 Å². The molecule has 2 aromatic carbocycles. The lowest BCUT2D eigenvalue weighted by Crippen LogP contribution is -2.34. The lowest BCUT2D eigenvalue weighted by molar-refractivity contribution is -0.111. The van der Waals surface area contributed by atoms with Crippen LogP contribution in [0.1, 0.15) is 26.3 Å². The van der Waals surface area contributed by atoms with E-state index in [4.69, 9.17) is 0 Å². The fourth-order valence-electron chi connectivity index (χ4n) is 2.50. The van der Waals surface area contributed by atoms with Crippen LogP contribution in [-0.2, 0) is 14.8 Å². The summed E-state index contributed by atoms with van der Waals surface area (Å²) in [7, 11) is -3.51. The Morgan fingerprint density at radius 2 is 1.57 bits per heavy atom. The van der Waals surface area contributed by atoms with Crippen LogP contribution in [0.2, 0.25) is 0 Å². The first kappa shape index (κ1) is 23.1. The van der Waals surface area contributed by atoms with Gasteiger partial charge in [0.2, 0.25) is 15.9 Å². The zero-order valence-electron chi connectivity index (χ0n) is 17.1. The molecular weight excluding hydrogens is 404 g/mol. The van der Waals surface area contributed by atoms with Gasteiger partial charge in [0.1, 0.15) is 0 Å². The van der Waals surface area contributed by atoms with Crippen LogP contribution in [0.5, 0.6) is 0 Å². The van der Waals surface area contributed by atoms with Crippen molar-refractivity contribution in [2.75, 3.05) is 17.2 Å². The molecule has 0 aliphatic carbocycles. The Bertz CT molecular complexity index is 1020. The fourth-order valence-corrected chi connectivity index (χ4v) is 3.54. The maximum Gasteiger partial charge on any atom is 0.319 e. The number of sulfonamides is 1. The van der Waals surface area contributed by atoms with Crippen LogP contribution in [0.3, 0.4) is 0 Å². The predicted molar refractivity (Wildman–Crippen MR) is 119 cm³/mol. The average Bonchev–Trinajstić information content (AvgIpc) is 2.67. The van der Waals surface area contributed by atoms with Crippen molar-refractivity contribution in [3.05, 3.63) is 60.2 Å². The van der Waals surface area contributed by atoms with Crippen LogP contribution < -0.4 is 20.7 Å². The van der Waals surface area contributed by atoms with E-state index in [2.05, 4.69) is 20.7 Å². The largest absolute Gasteiger partial charge is 0.336 e. The number of hydrogen-bond acceptors (Lipinski definition) is 4. The van der Waals surface area contributed by atoms with Gasteiger partial charge in [0.25, 0.3) is 0 Å². The Morgan fingerprint density at radius 1 is 0.967 bits per heavy atom. The Morgan fingerprint density at radius 3 is 2.13 bits per heavy atom. The van der Waals surface area contributed by atoms with Crippen molar-refractivity contribution in [3.63, 3.8) is 0 Å². The molecule has 2 rings (SSSR count). The van der Waals surface area contributed by atoms with Crippen molar-refractivity contribution < 1.29 is 18.0 Å². The number of anilines is 2. The van der Waals surface area contributed by atoms with Crippen molar-refractivity contribution in [3.8, 4) is 0 Å². The highest BCUT2D eigenvalue weighted by atomic mass is 32.2. The second-order valence-electron chi connectivity index (χ2n) is 6.69. The van der Waals surface area contributed by atoms with Crippen molar-refractivity contribution in [2.24, 2.45) is 0 Å². The lowest BCUT2D eigenvalue weighted by atomic mass is 10.2. The van der Waals surface area contributed by atoms with Crippen molar-refractivity contribution >= 4 is 39.4 Å². The molecular formula is C21H26N4O4S. The smallest absolute Gasteiger partial charge is 0.319 e. The summed E-state index contributed by atoms with van der Waals surface area (Å²) in [5.41, 5.74) is 1.59. The van der Waals surface area contributed by atoms with E-state index in [9.17, 15) is 18.0 Å². The summed E-state index contributed by atoms with van der Waals surface area (Å²) in [6.07, 6.45) is 2.90. The van der Waals surface area contributed by atoms with Crippen LogP contribution in [0.15, 0.2) is 59.5 Å². The van der Waals surface area contributed by atoms with Gasteiger partial charge < -0.3 is 16.0 Å². The first-order valence-corrected chi connectivity index (χ1v) is 10.9. The molecule has 3 amide bonds. The van der Waals surface area contributed by atoms with E-state index in [1.807, 2.05) is 13.8 Å². The molecule has 0 aromatic heterocycles. The van der Waals surface area contributed by atoms with Gasteiger partial charge in [0.15, 0.2) is 0 Å². The molecule has 0 heterocycles. The first-order chi connectivity index (χ1) is 14.2. The number of benzene rings is 2. The van der Waals surface area contributed by atoms with Crippen LogP contribution in [0.4, 0.5) is 16.2 Å². The Labute approximate surface area is 176 Å². The third-order valence-corrected chi connectivity index (χ3v) is 5.37. The molecule has 2 aromatic rings. The maximum atomic E-state index is 12.3. The minimum absolute atomic E-state index is 0.0196. The Hall–Kier alpha value is -3.17. The molecule has 4 N–H and O–H groups in total. The van der Waals surface area contributed by atoms with E-state index in [1.165, 1.54) is 18.2 Å². The van der Waals surface area contributed by atoms with E-state index < -0.39 is 15.9 Å². The highest BCUT2D eigenvalue weighted by molar-refractivity contribution is 7.89. The summed E-state index contributed by atoms with van der Waals surface area (Å²) < 4.78 is 26.3. The monoisotopic (exact) mass is 430 g/mol. The summed E-state index contributed by atoms with van der Waals surface area (Å²) in [6, 6.07) is 12.6. The number of rotatable bonds is 8. The van der Waals surface area contributed by atoms with Gasteiger partial charge in [-0.15, -0.1) is 0 Å². The van der Waals surface area contributed by atoms with Gasteiger partial charge in [-0.25, -0.2) is 17.9 Å². The predicted octanol–water partition coefficient (Wildman–Crippen LogP) is 3.17. The van der Waals surface area contributed by atoms with Gasteiger partial charge in [0.05, 0.1) is 16.3 Å². The molecule has 0 saturated heterocycles. The third kappa shape index (κ3) is 7.02. The summed E-state index contributed by atoms with van der Waals surface area (Å²) in [5.74, 6) is -0.391. The molecule has 9 heteroatoms. The second-order valence-corrected chi connectivity index (χ2v) is 8.46. The number of hydrogen-bond donors (Lipinski definition) is 4. The third-order valence-electron chi connectivity index (χ3n) is 3.80. The highest BCUT2D eigenvalue weighted by Crippen LogP contribution is 2.21. The number of carbonyl (C=O) groups is 2. The second kappa shape index (κ2) is 10.6. The summed E-state index contributed by atoms with van der Waals surface area (Å²) >= 11 is 0. The van der Waals surface area contributed by atoms with Gasteiger partial charge in [-0.3, -0.25) is 4.79 Å². The van der Waals surface area contributed by atoms with E-state index in [0.29, 0.717) is 23.5 Å². The molecule has 30 heavy (non-hydrogen) atoms. The zero-order chi connectivity index (χ0) is 22.1. The molecule has 8 nitrogen and oxygen atoms in total. The van der Waals surface area contributed by atoms with E-state index in [1.54, 1.807) is 49.4 Å². The van der Waals surface area contributed by atoms with Gasteiger partial charge >= 0.3 is 6.03 Å². The number of carbonyl (C=O) groups excluding carboxylic acids is 2. The van der Waals surface area contributed by atoms with Crippen molar-refractivity contribution in [1.29, 1.82) is 0 Å². The van der Waals surface area contributed by atoms with Crippen LogP contribution in [-0.4, -0.2) is 32.9 Å². The van der Waals surface area contributed by atoms with Crippen molar-refractivity contribution in [2.45, 2.75) is 31.7 Å². The molecule has 0 spiro atoms. The standard InChI is InChI=1S/C21H26N4O4S/c1-4-22-30(28,29)17-12-9-16(10-13-17)11-14-20(26)24-18-7-5-6-8-19(18)25-21(27)23-15(2)3/h5-15,22H,4H2,1-3H3,(H,24,26)(H2,23,25,27). The summed E-state index contributed by atoms with van der Waals surface area (Å²) in [4.78, 5) is 24.4. The Kier molecular flexibility index (Phi) is 8.14. The number of amides is 3. The maximum absolute atomic E-state index is 12.3. The zero-order valence-corrected chi connectivity index (χ0v) is 17.9. The summed E-state index contributed by atoms with van der Waals surface area (Å²) in [5, 5.41) is 8.14. The quantitative estimate of drug-likeness (QED) is 0.481. The molecule has 0 fully saturated rings. The minimum Gasteiger partial charge on any atom is -0.336 e. The van der Waals surface area contributed by atoms with E-state index >= 15 is 0 Å². The molecule has 0 aliphatic heterocycles. The normalized spacial score (nSPS) is 11.5. The number of para-hydroxylation sites is 2. The minimum atomic E-state index is -3.51. The lowest BCUT2D eigenvalue weighted by Gasteiger charge is -2.13. The van der Waals surface area contributed by atoms with E-state index in [0.717, 1.165) is 0 Å². The molecule has 0 radical (unpaired) electrons. The molecule has 0 aliphatic rings. The molecule has 0 bridgehead atoms. The first-order valence-electron chi connectivity index (χ1n) is 9.46. The van der Waals surface area contributed by atoms with Gasteiger partial charge in [-0.05, 0) is 49.8 Å². The van der Waals surface area contributed by atoms with Gasteiger partial charge in [0, 0.05) is 18.7 Å². The van der Waals surface area contributed by atoms with Crippen LogP contribution in [0.25, 0.3) is 6.08 Å². The van der Waals surface area contributed by atoms with Crippen LogP contribution >= 0.6 is 0 Å². The SMILES string of the molecule is CCNS(=O)(=O)c1ccc(C=CC(=O)Nc2ccccc2NC(=O)NC(C)C)cc1. The molecule has 0 saturated carbocycles. The number of nitrogens with one attached hydrogen (secondary N) is 4. The number of urea groups is 1.